The Bertz CT molecular complexity index is 366. The van der Waals surface area contributed by atoms with E-state index in [1.54, 1.807) is 18.3 Å². The lowest BCUT2D eigenvalue weighted by Crippen LogP contribution is -2.41. The number of ketones is 1. The first-order valence-electron chi connectivity index (χ1n) is 5.88. The van der Waals surface area contributed by atoms with Crippen LogP contribution in [0, 0.1) is 0 Å². The second-order valence-corrected chi connectivity index (χ2v) is 3.32. The van der Waals surface area contributed by atoms with Gasteiger partial charge in [0.25, 0.3) is 0 Å². The highest BCUT2D eigenvalue weighted by Crippen LogP contribution is 2.00. The fourth-order valence-corrected chi connectivity index (χ4v) is 1.23. The van der Waals surface area contributed by atoms with Gasteiger partial charge in [-0.2, -0.15) is 0 Å². The normalized spacial score (nSPS) is 10.7. The highest BCUT2D eigenvalue weighted by atomic mass is 16.5. The Morgan fingerprint density at radius 1 is 1.39 bits per heavy atom. The number of methoxy groups -OCH3 is 1. The molecule has 0 aliphatic rings. The molecular weight excluding hydrogens is 232 g/mol. The average Bonchev–Trinajstić information content (AvgIpc) is 2.41. The molecule has 5 nitrogen and oxygen atoms in total. The van der Waals surface area contributed by atoms with E-state index in [0.29, 0.717) is 6.42 Å². The lowest BCUT2D eigenvalue weighted by Gasteiger charge is -2.14. The summed E-state index contributed by atoms with van der Waals surface area (Å²) in [6.45, 7) is 5.42. The van der Waals surface area contributed by atoms with Crippen molar-refractivity contribution in [2.45, 2.75) is 33.2 Å². The van der Waals surface area contributed by atoms with Crippen molar-refractivity contribution in [1.29, 1.82) is 0 Å². The maximum atomic E-state index is 11.3. The standard InChI is InChI=1S/C11H14N2O3.C2H6/c1-8(14)10(13-11(15)16-2)7-9-5-3-4-6-12-9;1-2/h3-6,10H,7H2,1-2H3,(H,13,15);1-2H3. The molecule has 5 heteroatoms. The zero-order chi connectivity index (χ0) is 14.0. The molecular formula is C13H20N2O3. The van der Waals surface area contributed by atoms with Crippen LogP contribution < -0.4 is 5.32 Å². The third-order valence-electron chi connectivity index (χ3n) is 2.11. The van der Waals surface area contributed by atoms with Crippen LogP contribution in [0.15, 0.2) is 24.4 Å². The molecule has 0 aliphatic heterocycles. The van der Waals surface area contributed by atoms with Crippen molar-refractivity contribution in [3.8, 4) is 0 Å². The van der Waals surface area contributed by atoms with Crippen LogP contribution in [0.5, 0.6) is 0 Å². The number of rotatable bonds is 4. The first-order valence-corrected chi connectivity index (χ1v) is 5.88. The Hall–Kier alpha value is -1.91. The van der Waals surface area contributed by atoms with Crippen molar-refractivity contribution >= 4 is 11.9 Å². The minimum atomic E-state index is -0.615. The zero-order valence-corrected chi connectivity index (χ0v) is 11.3. The molecule has 0 radical (unpaired) electrons. The molecule has 1 unspecified atom stereocenters. The number of alkyl carbamates (subject to hydrolysis) is 1. The van der Waals surface area contributed by atoms with Gasteiger partial charge < -0.3 is 10.1 Å². The highest BCUT2D eigenvalue weighted by Gasteiger charge is 2.18. The lowest BCUT2D eigenvalue weighted by molar-refractivity contribution is -0.118. The van der Waals surface area contributed by atoms with Crippen LogP contribution in [-0.2, 0) is 16.0 Å². The number of aromatic nitrogens is 1. The van der Waals surface area contributed by atoms with Gasteiger partial charge in [-0.25, -0.2) is 4.79 Å². The SMILES string of the molecule is CC.COC(=O)NC(Cc1ccccn1)C(C)=O. The summed E-state index contributed by atoms with van der Waals surface area (Å²) in [6.07, 6.45) is 1.40. The van der Waals surface area contributed by atoms with Crippen LogP contribution in [0.2, 0.25) is 0 Å². The van der Waals surface area contributed by atoms with Crippen molar-refractivity contribution in [2.24, 2.45) is 0 Å². The number of hydrogen-bond donors (Lipinski definition) is 1. The van der Waals surface area contributed by atoms with Gasteiger partial charge >= 0.3 is 6.09 Å². The Morgan fingerprint density at radius 2 is 2.06 bits per heavy atom. The topological polar surface area (TPSA) is 68.3 Å². The summed E-state index contributed by atoms with van der Waals surface area (Å²) in [5.41, 5.74) is 0.749. The Balaban J connectivity index is 0.00000137. The molecule has 0 aliphatic carbocycles. The molecule has 0 saturated heterocycles. The molecule has 1 rings (SSSR count). The summed E-state index contributed by atoms with van der Waals surface area (Å²) in [7, 11) is 1.26. The Morgan fingerprint density at radius 3 is 2.50 bits per heavy atom. The van der Waals surface area contributed by atoms with Gasteiger partial charge in [-0.3, -0.25) is 9.78 Å². The molecule has 0 bridgehead atoms. The molecule has 1 N–H and O–H groups in total. The second kappa shape index (κ2) is 9.15. The summed E-state index contributed by atoms with van der Waals surface area (Å²) >= 11 is 0. The van der Waals surface area contributed by atoms with Gasteiger partial charge in [0.1, 0.15) is 0 Å². The van der Waals surface area contributed by atoms with E-state index in [1.807, 2.05) is 19.9 Å². The average molecular weight is 252 g/mol. The van der Waals surface area contributed by atoms with Crippen LogP contribution in [0.1, 0.15) is 26.5 Å². The lowest BCUT2D eigenvalue weighted by atomic mass is 10.1. The Labute approximate surface area is 108 Å². The van der Waals surface area contributed by atoms with Crippen LogP contribution in [0.25, 0.3) is 0 Å². The number of hydrogen-bond acceptors (Lipinski definition) is 4. The van der Waals surface area contributed by atoms with Gasteiger partial charge in [0.05, 0.1) is 13.2 Å². The van der Waals surface area contributed by atoms with E-state index in [1.165, 1.54) is 14.0 Å². The summed E-state index contributed by atoms with van der Waals surface area (Å²) in [6, 6.07) is 4.83. The van der Waals surface area contributed by atoms with Crippen molar-refractivity contribution in [2.75, 3.05) is 7.11 Å². The van der Waals surface area contributed by atoms with Gasteiger partial charge in [-0.05, 0) is 19.1 Å². The molecule has 1 heterocycles. The van der Waals surface area contributed by atoms with Gasteiger partial charge in [0.2, 0.25) is 0 Å². The molecule has 0 aromatic carbocycles. The molecule has 0 saturated carbocycles. The summed E-state index contributed by atoms with van der Waals surface area (Å²) in [4.78, 5) is 26.4. The minimum Gasteiger partial charge on any atom is -0.453 e. The number of nitrogens with one attached hydrogen (secondary N) is 1. The molecule has 100 valence electrons. The number of Topliss-reactive ketones (excluding diaryl/α,β-unsaturated/α-hetero) is 1. The van der Waals surface area contributed by atoms with Gasteiger partial charge in [-0.1, -0.05) is 19.9 Å². The molecule has 1 amide bonds. The quantitative estimate of drug-likeness (QED) is 0.889. The zero-order valence-electron chi connectivity index (χ0n) is 11.3. The molecule has 0 fully saturated rings. The van der Waals surface area contributed by atoms with Crippen LogP contribution in [0.4, 0.5) is 4.79 Å². The third kappa shape index (κ3) is 5.98. The van der Waals surface area contributed by atoms with E-state index < -0.39 is 12.1 Å². The largest absolute Gasteiger partial charge is 0.453 e. The number of carbonyl (C=O) groups is 2. The fourth-order valence-electron chi connectivity index (χ4n) is 1.23. The van der Waals surface area contributed by atoms with Crippen LogP contribution in [-0.4, -0.2) is 30.0 Å². The van der Waals surface area contributed by atoms with E-state index in [2.05, 4.69) is 15.0 Å². The highest BCUT2D eigenvalue weighted by molar-refractivity contribution is 5.85. The maximum Gasteiger partial charge on any atom is 0.407 e. The van der Waals surface area contributed by atoms with E-state index in [9.17, 15) is 9.59 Å². The fraction of sp³-hybridized carbons (Fsp3) is 0.462. The predicted molar refractivity (Wildman–Crippen MR) is 69.3 cm³/mol. The smallest absolute Gasteiger partial charge is 0.407 e. The van der Waals surface area contributed by atoms with Crippen molar-refractivity contribution in [3.63, 3.8) is 0 Å². The van der Waals surface area contributed by atoms with E-state index in [4.69, 9.17) is 0 Å². The molecule has 0 spiro atoms. The predicted octanol–water partition coefficient (Wildman–Crippen LogP) is 1.96. The minimum absolute atomic E-state index is 0.129. The molecule has 1 atom stereocenters. The van der Waals surface area contributed by atoms with Gasteiger partial charge in [0, 0.05) is 18.3 Å². The summed E-state index contributed by atoms with van der Waals surface area (Å²) in [5, 5.41) is 2.46. The van der Waals surface area contributed by atoms with Gasteiger partial charge in [-0.15, -0.1) is 0 Å². The van der Waals surface area contributed by atoms with Gasteiger partial charge in [0.15, 0.2) is 5.78 Å². The maximum absolute atomic E-state index is 11.3. The Kier molecular flexibility index (Phi) is 8.18. The monoisotopic (exact) mass is 252 g/mol. The van der Waals surface area contributed by atoms with Crippen molar-refractivity contribution in [1.82, 2.24) is 10.3 Å². The van der Waals surface area contributed by atoms with Crippen LogP contribution in [0.3, 0.4) is 0 Å². The van der Waals surface area contributed by atoms with E-state index in [-0.39, 0.29) is 5.78 Å². The second-order valence-electron chi connectivity index (χ2n) is 3.32. The van der Waals surface area contributed by atoms with E-state index >= 15 is 0 Å². The van der Waals surface area contributed by atoms with Crippen molar-refractivity contribution in [3.05, 3.63) is 30.1 Å². The summed E-state index contributed by atoms with van der Waals surface area (Å²) in [5.74, 6) is -0.129. The van der Waals surface area contributed by atoms with E-state index in [0.717, 1.165) is 5.69 Å². The van der Waals surface area contributed by atoms with Crippen molar-refractivity contribution < 1.29 is 14.3 Å². The molecule has 1 aromatic heterocycles. The molecule has 18 heavy (non-hydrogen) atoms. The number of pyridine rings is 1. The number of amides is 1. The third-order valence-corrected chi connectivity index (χ3v) is 2.11. The van der Waals surface area contributed by atoms with Crippen LogP contribution >= 0.6 is 0 Å². The molecule has 1 aromatic rings. The first-order chi connectivity index (χ1) is 8.63. The summed E-state index contributed by atoms with van der Waals surface area (Å²) < 4.78 is 4.45. The number of nitrogens with zero attached hydrogens (tertiary/aromatic N) is 1. The first kappa shape index (κ1) is 16.1. The number of carbonyl (C=O) groups excluding carboxylic acids is 2. The number of ether oxygens (including phenoxy) is 1.